The van der Waals surface area contributed by atoms with E-state index < -0.39 is 6.04 Å². The maximum Gasteiger partial charge on any atom is 0.248 e. The van der Waals surface area contributed by atoms with Crippen molar-refractivity contribution >= 4 is 27.5 Å². The van der Waals surface area contributed by atoms with Crippen LogP contribution < -0.4 is 5.73 Å². The first-order chi connectivity index (χ1) is 10.1. The van der Waals surface area contributed by atoms with Gasteiger partial charge in [-0.25, -0.2) is 0 Å². The molecule has 0 fully saturated rings. The Morgan fingerprint density at radius 1 is 1.14 bits per heavy atom. The van der Waals surface area contributed by atoms with Gasteiger partial charge in [0.2, 0.25) is 11.7 Å². The van der Waals surface area contributed by atoms with Crippen LogP contribution in [0.3, 0.4) is 0 Å². The van der Waals surface area contributed by atoms with Crippen molar-refractivity contribution in [3.8, 4) is 11.4 Å². The largest absolute Gasteiger partial charge is 0.337 e. The molecule has 0 aliphatic heterocycles. The van der Waals surface area contributed by atoms with Crippen LogP contribution in [0.25, 0.3) is 11.4 Å². The van der Waals surface area contributed by atoms with Crippen molar-refractivity contribution in [2.75, 3.05) is 0 Å². The highest BCUT2D eigenvalue weighted by atomic mass is 79.9. The molecule has 21 heavy (non-hydrogen) atoms. The fourth-order valence-corrected chi connectivity index (χ4v) is 2.41. The van der Waals surface area contributed by atoms with Gasteiger partial charge in [0.1, 0.15) is 6.04 Å². The van der Waals surface area contributed by atoms with Crippen LogP contribution in [-0.4, -0.2) is 10.1 Å². The summed E-state index contributed by atoms with van der Waals surface area (Å²) < 4.78 is 6.05. The zero-order chi connectivity index (χ0) is 14.8. The highest BCUT2D eigenvalue weighted by molar-refractivity contribution is 9.10. The second-order valence-electron chi connectivity index (χ2n) is 4.47. The van der Waals surface area contributed by atoms with Gasteiger partial charge in [-0.2, -0.15) is 4.98 Å². The second kappa shape index (κ2) is 5.97. The smallest absolute Gasteiger partial charge is 0.248 e. The topological polar surface area (TPSA) is 64.9 Å². The van der Waals surface area contributed by atoms with Crippen molar-refractivity contribution in [1.29, 1.82) is 0 Å². The third-order valence-electron chi connectivity index (χ3n) is 3.04. The van der Waals surface area contributed by atoms with E-state index in [-0.39, 0.29) is 0 Å². The van der Waals surface area contributed by atoms with E-state index in [1.165, 1.54) is 0 Å². The summed E-state index contributed by atoms with van der Waals surface area (Å²) in [5, 5.41) is 4.60. The lowest BCUT2D eigenvalue weighted by molar-refractivity contribution is 0.367. The normalized spacial score (nSPS) is 12.3. The van der Waals surface area contributed by atoms with E-state index in [4.69, 9.17) is 21.9 Å². The van der Waals surface area contributed by atoms with Crippen LogP contribution in [0.4, 0.5) is 0 Å². The van der Waals surface area contributed by atoms with Crippen molar-refractivity contribution in [3.05, 3.63) is 69.5 Å². The maximum atomic E-state index is 6.14. The van der Waals surface area contributed by atoms with Gasteiger partial charge in [-0.1, -0.05) is 47.1 Å². The number of nitrogens with zero attached hydrogens (tertiary/aromatic N) is 2. The Bertz CT molecular complexity index is 761. The van der Waals surface area contributed by atoms with Gasteiger partial charge in [0.25, 0.3) is 0 Å². The average Bonchev–Trinajstić information content (AvgIpc) is 3.00. The zero-order valence-electron chi connectivity index (χ0n) is 10.8. The van der Waals surface area contributed by atoms with Crippen molar-refractivity contribution < 1.29 is 4.52 Å². The van der Waals surface area contributed by atoms with Crippen LogP contribution in [0, 0.1) is 0 Å². The molecule has 0 bridgehead atoms. The Morgan fingerprint density at radius 2 is 1.90 bits per heavy atom. The van der Waals surface area contributed by atoms with Gasteiger partial charge in [-0.15, -0.1) is 0 Å². The Hall–Kier alpha value is -1.69. The average molecular weight is 365 g/mol. The number of halogens is 2. The van der Waals surface area contributed by atoms with Crippen LogP contribution in [0.2, 0.25) is 5.02 Å². The minimum Gasteiger partial charge on any atom is -0.337 e. The molecule has 2 aromatic carbocycles. The van der Waals surface area contributed by atoms with Crippen LogP contribution >= 0.6 is 27.5 Å². The zero-order valence-corrected chi connectivity index (χ0v) is 13.2. The summed E-state index contributed by atoms with van der Waals surface area (Å²) in [7, 11) is 0. The van der Waals surface area contributed by atoms with E-state index >= 15 is 0 Å². The molecule has 0 saturated carbocycles. The van der Waals surface area contributed by atoms with E-state index in [0.29, 0.717) is 16.7 Å². The van der Waals surface area contributed by atoms with Gasteiger partial charge in [-0.05, 0) is 39.7 Å². The summed E-state index contributed by atoms with van der Waals surface area (Å²) in [6.45, 7) is 0. The monoisotopic (exact) mass is 363 g/mol. The van der Waals surface area contributed by atoms with Crippen LogP contribution in [-0.2, 0) is 0 Å². The molecule has 1 aromatic heterocycles. The van der Waals surface area contributed by atoms with Gasteiger partial charge in [0.15, 0.2) is 0 Å². The minimum absolute atomic E-state index is 0.377. The first-order valence-corrected chi connectivity index (χ1v) is 7.42. The fraction of sp³-hybridized carbons (Fsp3) is 0.0667. The lowest BCUT2D eigenvalue weighted by Crippen LogP contribution is -2.11. The molecule has 6 heteroatoms. The highest BCUT2D eigenvalue weighted by Crippen LogP contribution is 2.28. The molecule has 3 rings (SSSR count). The number of rotatable bonds is 3. The first kappa shape index (κ1) is 14.3. The molecular weight excluding hydrogens is 354 g/mol. The lowest BCUT2D eigenvalue weighted by atomic mass is 10.1. The van der Waals surface area contributed by atoms with Gasteiger partial charge in [-0.3, -0.25) is 0 Å². The molecule has 0 aliphatic carbocycles. The number of nitrogens with two attached hydrogens (primary N) is 1. The second-order valence-corrected chi connectivity index (χ2v) is 5.74. The molecule has 1 heterocycles. The predicted octanol–water partition coefficient (Wildman–Crippen LogP) is 4.20. The molecule has 0 radical (unpaired) electrons. The van der Waals surface area contributed by atoms with Crippen LogP contribution in [0.15, 0.2) is 57.5 Å². The molecular formula is C15H11BrClN3O. The van der Waals surface area contributed by atoms with Gasteiger partial charge < -0.3 is 10.3 Å². The van der Waals surface area contributed by atoms with E-state index in [1.807, 2.05) is 42.5 Å². The quantitative estimate of drug-likeness (QED) is 0.756. The van der Waals surface area contributed by atoms with E-state index in [0.717, 1.165) is 15.6 Å². The lowest BCUT2D eigenvalue weighted by Gasteiger charge is -2.05. The molecule has 0 saturated heterocycles. The van der Waals surface area contributed by atoms with E-state index in [2.05, 4.69) is 26.1 Å². The fourth-order valence-electron chi connectivity index (χ4n) is 1.92. The third-order valence-corrected chi connectivity index (χ3v) is 4.26. The molecule has 1 atom stereocenters. The molecule has 3 aromatic rings. The summed E-state index contributed by atoms with van der Waals surface area (Å²) >= 11 is 9.35. The number of benzene rings is 2. The highest BCUT2D eigenvalue weighted by Gasteiger charge is 2.17. The minimum atomic E-state index is -0.441. The summed E-state index contributed by atoms with van der Waals surface area (Å²) in [6.07, 6.45) is 0. The Morgan fingerprint density at radius 3 is 2.62 bits per heavy atom. The molecule has 0 spiro atoms. The molecule has 106 valence electrons. The molecule has 0 amide bonds. The summed E-state index contributed by atoms with van der Waals surface area (Å²) in [5.74, 6) is 0.857. The third kappa shape index (κ3) is 3.00. The van der Waals surface area contributed by atoms with Crippen molar-refractivity contribution in [2.24, 2.45) is 5.73 Å². The number of hydrogen-bond acceptors (Lipinski definition) is 4. The van der Waals surface area contributed by atoms with Gasteiger partial charge in [0.05, 0.1) is 5.02 Å². The van der Waals surface area contributed by atoms with E-state index in [1.54, 1.807) is 6.07 Å². The molecule has 0 aliphatic rings. The van der Waals surface area contributed by atoms with Crippen molar-refractivity contribution in [1.82, 2.24) is 10.1 Å². The van der Waals surface area contributed by atoms with E-state index in [9.17, 15) is 0 Å². The Balaban J connectivity index is 1.91. The standard InChI is InChI=1S/C15H11BrClN3O/c16-11-8-10(6-7-12(11)17)14-19-15(21-20-14)13(18)9-4-2-1-3-5-9/h1-8,13H,18H2/t13-/m1/s1. The SMILES string of the molecule is N[C@H](c1ccccc1)c1nc(-c2ccc(Cl)c(Br)c2)no1. The number of aromatic nitrogens is 2. The van der Waals surface area contributed by atoms with Gasteiger partial charge in [0, 0.05) is 10.0 Å². The molecule has 4 nitrogen and oxygen atoms in total. The van der Waals surface area contributed by atoms with Crippen LogP contribution in [0.1, 0.15) is 17.5 Å². The van der Waals surface area contributed by atoms with Crippen molar-refractivity contribution in [2.45, 2.75) is 6.04 Å². The maximum absolute atomic E-state index is 6.14. The molecule has 0 unspecified atom stereocenters. The Kier molecular flexibility index (Phi) is 4.05. The summed E-state index contributed by atoms with van der Waals surface area (Å²) in [6, 6.07) is 14.6. The number of hydrogen-bond donors (Lipinski definition) is 1. The van der Waals surface area contributed by atoms with Gasteiger partial charge >= 0.3 is 0 Å². The predicted molar refractivity (Wildman–Crippen MR) is 84.9 cm³/mol. The molecule has 2 N–H and O–H groups in total. The Labute approximate surface area is 135 Å². The van der Waals surface area contributed by atoms with Crippen molar-refractivity contribution in [3.63, 3.8) is 0 Å². The first-order valence-electron chi connectivity index (χ1n) is 6.24. The van der Waals surface area contributed by atoms with Crippen LogP contribution in [0.5, 0.6) is 0 Å². The summed E-state index contributed by atoms with van der Waals surface area (Å²) in [5.41, 5.74) is 7.86. The summed E-state index contributed by atoms with van der Waals surface area (Å²) in [4.78, 5) is 4.36.